The van der Waals surface area contributed by atoms with Gasteiger partial charge in [-0.1, -0.05) is 12.2 Å². The summed E-state index contributed by atoms with van der Waals surface area (Å²) in [7, 11) is 0. The molecule has 0 aromatic rings. The number of carbonyl (C=O) groups excluding carboxylic acids is 2. The monoisotopic (exact) mass is 196 g/mol. The number of carbonyl (C=O) groups is 2. The van der Waals surface area contributed by atoms with Gasteiger partial charge in [-0.15, -0.1) is 13.2 Å². The summed E-state index contributed by atoms with van der Waals surface area (Å²) in [5, 5.41) is 0. The number of rotatable bonds is 4. The molecule has 76 valence electrons. The highest BCUT2D eigenvalue weighted by atomic mass is 16.6. The van der Waals surface area contributed by atoms with Gasteiger partial charge < -0.3 is 9.47 Å². The van der Waals surface area contributed by atoms with Crippen LogP contribution < -0.4 is 0 Å². The summed E-state index contributed by atoms with van der Waals surface area (Å²) < 4.78 is 8.87. The standard InChI is InChI=1S/C6H10O.C4H2O3/c1-3-5-7-6-4-2;5-3-1-2-4(6)7-3/h3-4H,1-2,5-6H2;1-2H. The lowest BCUT2D eigenvalue weighted by Gasteiger charge is -1.89. The first kappa shape index (κ1) is 12.3. The van der Waals surface area contributed by atoms with E-state index >= 15 is 0 Å². The van der Waals surface area contributed by atoms with Crippen molar-refractivity contribution in [1.82, 2.24) is 0 Å². The number of cyclic esters (lactones) is 2. The highest BCUT2D eigenvalue weighted by Gasteiger charge is 2.10. The Kier molecular flexibility index (Phi) is 6.99. The smallest absolute Gasteiger partial charge is 0.338 e. The van der Waals surface area contributed by atoms with Gasteiger partial charge in [-0.05, 0) is 0 Å². The summed E-state index contributed by atoms with van der Waals surface area (Å²) in [6, 6.07) is 0. The van der Waals surface area contributed by atoms with E-state index in [1.165, 1.54) is 0 Å². The minimum Gasteiger partial charge on any atom is -0.387 e. The van der Waals surface area contributed by atoms with E-state index in [1.807, 2.05) is 0 Å². The molecule has 0 aliphatic carbocycles. The van der Waals surface area contributed by atoms with Gasteiger partial charge in [0, 0.05) is 12.2 Å². The Morgan fingerprint density at radius 3 is 1.79 bits per heavy atom. The molecule has 0 bridgehead atoms. The van der Waals surface area contributed by atoms with Gasteiger partial charge in [-0.2, -0.15) is 0 Å². The van der Waals surface area contributed by atoms with Gasteiger partial charge in [0.15, 0.2) is 0 Å². The third-order valence-electron chi connectivity index (χ3n) is 1.03. The molecule has 0 saturated heterocycles. The van der Waals surface area contributed by atoms with Crippen LogP contribution in [0.4, 0.5) is 0 Å². The van der Waals surface area contributed by atoms with Crippen LogP contribution in [0.2, 0.25) is 0 Å². The average molecular weight is 196 g/mol. The molecule has 0 unspecified atom stereocenters. The second-order valence-corrected chi connectivity index (χ2v) is 2.19. The van der Waals surface area contributed by atoms with Crippen molar-refractivity contribution in [2.24, 2.45) is 0 Å². The molecule has 4 heteroatoms. The molecule has 0 amide bonds. The van der Waals surface area contributed by atoms with E-state index in [2.05, 4.69) is 17.9 Å². The van der Waals surface area contributed by atoms with E-state index in [9.17, 15) is 9.59 Å². The maximum atomic E-state index is 9.92. The van der Waals surface area contributed by atoms with Gasteiger partial charge in [0.2, 0.25) is 0 Å². The quantitative estimate of drug-likeness (QED) is 0.291. The van der Waals surface area contributed by atoms with Gasteiger partial charge in [0.1, 0.15) is 0 Å². The highest BCUT2D eigenvalue weighted by molar-refractivity contribution is 6.04. The van der Waals surface area contributed by atoms with Crippen molar-refractivity contribution >= 4 is 11.9 Å². The van der Waals surface area contributed by atoms with Crippen LogP contribution in [0, 0.1) is 0 Å². The summed E-state index contributed by atoms with van der Waals surface area (Å²) in [5.74, 6) is -1.16. The van der Waals surface area contributed by atoms with Crippen molar-refractivity contribution in [3.05, 3.63) is 37.5 Å². The van der Waals surface area contributed by atoms with E-state index in [0.29, 0.717) is 13.2 Å². The van der Waals surface area contributed by atoms with Gasteiger partial charge in [-0.25, -0.2) is 9.59 Å². The molecule has 14 heavy (non-hydrogen) atoms. The maximum absolute atomic E-state index is 9.92. The molecule has 0 saturated carbocycles. The zero-order valence-electron chi connectivity index (χ0n) is 7.77. The molecule has 0 fully saturated rings. The van der Waals surface area contributed by atoms with E-state index < -0.39 is 11.9 Å². The summed E-state index contributed by atoms with van der Waals surface area (Å²) in [4.78, 5) is 19.8. The molecule has 1 aliphatic heterocycles. The molecule has 0 radical (unpaired) electrons. The molecular formula is C10H12O4. The normalized spacial score (nSPS) is 12.9. The van der Waals surface area contributed by atoms with Crippen molar-refractivity contribution in [2.75, 3.05) is 13.2 Å². The summed E-state index contributed by atoms with van der Waals surface area (Å²) in [6.07, 6.45) is 5.59. The lowest BCUT2D eigenvalue weighted by Crippen LogP contribution is -1.96. The Labute approximate surface area is 82.5 Å². The van der Waals surface area contributed by atoms with Crippen LogP contribution in [0.3, 0.4) is 0 Å². The Bertz CT molecular complexity index is 229. The summed E-state index contributed by atoms with van der Waals surface area (Å²) in [5.41, 5.74) is 0. The van der Waals surface area contributed by atoms with Crippen LogP contribution in [0.25, 0.3) is 0 Å². The maximum Gasteiger partial charge on any atom is 0.338 e. The van der Waals surface area contributed by atoms with Crippen LogP contribution in [-0.2, 0) is 19.1 Å². The number of hydrogen-bond acceptors (Lipinski definition) is 4. The molecule has 1 aliphatic rings. The van der Waals surface area contributed by atoms with E-state index in [-0.39, 0.29) is 0 Å². The molecule has 1 rings (SSSR count). The minimum atomic E-state index is -0.579. The van der Waals surface area contributed by atoms with Crippen LogP contribution >= 0.6 is 0 Å². The molecular weight excluding hydrogens is 184 g/mol. The molecule has 4 nitrogen and oxygen atoms in total. The lowest BCUT2D eigenvalue weighted by atomic mass is 10.6. The van der Waals surface area contributed by atoms with E-state index in [4.69, 9.17) is 4.74 Å². The Balaban J connectivity index is 0.000000241. The SMILES string of the molecule is C=CCOCC=C.O=C1C=CC(=O)O1. The number of hydrogen-bond donors (Lipinski definition) is 0. The second kappa shape index (κ2) is 7.94. The highest BCUT2D eigenvalue weighted by Crippen LogP contribution is 1.92. The summed E-state index contributed by atoms with van der Waals surface area (Å²) in [6.45, 7) is 8.18. The first-order chi connectivity index (χ1) is 6.70. The van der Waals surface area contributed by atoms with Crippen LogP contribution in [0.5, 0.6) is 0 Å². The third kappa shape index (κ3) is 7.00. The van der Waals surface area contributed by atoms with Gasteiger partial charge >= 0.3 is 11.9 Å². The van der Waals surface area contributed by atoms with E-state index in [0.717, 1.165) is 12.2 Å². The first-order valence-corrected chi connectivity index (χ1v) is 3.94. The van der Waals surface area contributed by atoms with Gasteiger partial charge in [-0.3, -0.25) is 0 Å². The predicted molar refractivity (Wildman–Crippen MR) is 51.5 cm³/mol. The zero-order chi connectivity index (χ0) is 10.8. The molecule has 0 spiro atoms. The second-order valence-electron chi connectivity index (χ2n) is 2.19. The Morgan fingerprint density at radius 1 is 1.14 bits per heavy atom. The van der Waals surface area contributed by atoms with Crippen molar-refractivity contribution < 1.29 is 19.1 Å². The Hall–Kier alpha value is -1.68. The first-order valence-electron chi connectivity index (χ1n) is 3.94. The number of ether oxygens (including phenoxy) is 2. The van der Waals surface area contributed by atoms with Crippen molar-refractivity contribution in [3.8, 4) is 0 Å². The van der Waals surface area contributed by atoms with E-state index in [1.54, 1.807) is 12.2 Å². The molecule has 0 aromatic heterocycles. The fourth-order valence-electron chi connectivity index (χ4n) is 0.538. The predicted octanol–water partition coefficient (Wildman–Crippen LogP) is 1.00. The summed E-state index contributed by atoms with van der Waals surface area (Å²) >= 11 is 0. The minimum absolute atomic E-state index is 0.579. The topological polar surface area (TPSA) is 52.6 Å². The van der Waals surface area contributed by atoms with Crippen LogP contribution in [-0.4, -0.2) is 25.2 Å². The lowest BCUT2D eigenvalue weighted by molar-refractivity contribution is -0.150. The van der Waals surface area contributed by atoms with Crippen LogP contribution in [0.15, 0.2) is 37.5 Å². The van der Waals surface area contributed by atoms with Crippen molar-refractivity contribution in [3.63, 3.8) is 0 Å². The van der Waals surface area contributed by atoms with Gasteiger partial charge in [0.05, 0.1) is 13.2 Å². The fraction of sp³-hybridized carbons (Fsp3) is 0.200. The molecule has 0 atom stereocenters. The van der Waals surface area contributed by atoms with Gasteiger partial charge in [0.25, 0.3) is 0 Å². The van der Waals surface area contributed by atoms with Crippen molar-refractivity contribution in [2.45, 2.75) is 0 Å². The third-order valence-corrected chi connectivity index (χ3v) is 1.03. The molecule has 0 aromatic carbocycles. The zero-order valence-corrected chi connectivity index (χ0v) is 7.77. The largest absolute Gasteiger partial charge is 0.387 e. The Morgan fingerprint density at radius 2 is 1.57 bits per heavy atom. The molecule has 1 heterocycles. The fourth-order valence-corrected chi connectivity index (χ4v) is 0.538. The number of esters is 2. The van der Waals surface area contributed by atoms with Crippen molar-refractivity contribution in [1.29, 1.82) is 0 Å². The van der Waals surface area contributed by atoms with Crippen LogP contribution in [0.1, 0.15) is 0 Å². The molecule has 0 N–H and O–H groups in total. The average Bonchev–Trinajstić information content (AvgIpc) is 2.52.